The van der Waals surface area contributed by atoms with E-state index < -0.39 is 0 Å². The highest BCUT2D eigenvalue weighted by Crippen LogP contribution is 2.20. The Labute approximate surface area is 155 Å². The Hall–Kier alpha value is -2.41. The van der Waals surface area contributed by atoms with Gasteiger partial charge < -0.3 is 15.1 Å². The third kappa shape index (κ3) is 4.04. The van der Waals surface area contributed by atoms with Crippen molar-refractivity contribution in [1.82, 2.24) is 25.2 Å². The van der Waals surface area contributed by atoms with Crippen molar-refractivity contribution in [2.45, 2.75) is 25.8 Å². The van der Waals surface area contributed by atoms with Crippen LogP contribution in [-0.4, -0.2) is 66.1 Å². The molecule has 1 N–H and O–H groups in total. The summed E-state index contributed by atoms with van der Waals surface area (Å²) in [6.07, 6.45) is 2.05. The summed E-state index contributed by atoms with van der Waals surface area (Å²) >= 11 is 0. The van der Waals surface area contributed by atoms with Gasteiger partial charge >= 0.3 is 0 Å². The zero-order valence-electron chi connectivity index (χ0n) is 15.9. The normalized spacial score (nSPS) is 15.0. The summed E-state index contributed by atoms with van der Waals surface area (Å²) in [5.41, 5.74) is 2.47. The van der Waals surface area contributed by atoms with Crippen LogP contribution in [0.25, 0.3) is 0 Å². The maximum atomic E-state index is 12.8. The van der Waals surface area contributed by atoms with Crippen LogP contribution in [0.1, 0.15) is 35.1 Å². The highest BCUT2D eigenvalue weighted by atomic mass is 16.2. The van der Waals surface area contributed by atoms with Crippen molar-refractivity contribution in [2.24, 2.45) is 0 Å². The van der Waals surface area contributed by atoms with E-state index in [0.29, 0.717) is 18.3 Å². The molecule has 0 bridgehead atoms. The van der Waals surface area contributed by atoms with E-state index in [2.05, 4.69) is 32.7 Å². The number of benzene rings is 1. The topological polar surface area (TPSA) is 66.3 Å². The number of anilines is 1. The molecule has 7 nitrogen and oxygen atoms in total. The van der Waals surface area contributed by atoms with Crippen molar-refractivity contribution in [3.63, 3.8) is 0 Å². The van der Waals surface area contributed by atoms with E-state index in [0.717, 1.165) is 43.9 Å². The van der Waals surface area contributed by atoms with Gasteiger partial charge in [0, 0.05) is 32.9 Å². The molecule has 1 aliphatic rings. The first-order valence-corrected chi connectivity index (χ1v) is 9.22. The smallest absolute Gasteiger partial charge is 0.276 e. The predicted molar refractivity (Wildman–Crippen MR) is 103 cm³/mol. The van der Waals surface area contributed by atoms with Crippen LogP contribution in [-0.2, 0) is 0 Å². The van der Waals surface area contributed by atoms with Crippen LogP contribution in [0.4, 0.5) is 5.69 Å². The van der Waals surface area contributed by atoms with Gasteiger partial charge in [0.15, 0.2) is 5.69 Å². The van der Waals surface area contributed by atoms with Crippen LogP contribution in [0.3, 0.4) is 0 Å². The van der Waals surface area contributed by atoms with E-state index in [1.165, 1.54) is 0 Å². The molecule has 1 fully saturated rings. The van der Waals surface area contributed by atoms with Gasteiger partial charge in [-0.1, -0.05) is 23.4 Å². The van der Waals surface area contributed by atoms with E-state index in [1.54, 1.807) is 4.90 Å². The van der Waals surface area contributed by atoms with Gasteiger partial charge in [-0.15, -0.1) is 5.10 Å². The van der Waals surface area contributed by atoms with E-state index >= 15 is 0 Å². The molecule has 0 saturated carbocycles. The minimum absolute atomic E-state index is 0.0656. The molecule has 26 heavy (non-hydrogen) atoms. The molecule has 0 aliphatic carbocycles. The summed E-state index contributed by atoms with van der Waals surface area (Å²) < 4.78 is 1.93. The lowest BCUT2D eigenvalue weighted by molar-refractivity contribution is 0.0792. The Balaban J connectivity index is 1.60. The summed E-state index contributed by atoms with van der Waals surface area (Å²) in [7, 11) is 3.86. The summed E-state index contributed by atoms with van der Waals surface area (Å²) in [5.74, 6) is -0.0656. The number of rotatable bonds is 6. The zero-order chi connectivity index (χ0) is 18.5. The number of piperidine rings is 1. The van der Waals surface area contributed by atoms with Gasteiger partial charge in [0.25, 0.3) is 5.91 Å². The minimum Gasteiger partial charge on any atom is -0.373 e. The molecule has 1 saturated heterocycles. The van der Waals surface area contributed by atoms with Crippen molar-refractivity contribution in [1.29, 1.82) is 0 Å². The number of amides is 1. The SMILES string of the molecule is Cc1c(C(=O)N(C)CCN(C)c2ccccc2)nnn1C1CCNCC1. The largest absolute Gasteiger partial charge is 0.373 e. The van der Waals surface area contributed by atoms with E-state index in [-0.39, 0.29) is 5.91 Å². The molecule has 1 amide bonds. The number of aromatic nitrogens is 3. The first-order chi connectivity index (χ1) is 12.6. The Bertz CT molecular complexity index is 723. The maximum Gasteiger partial charge on any atom is 0.276 e. The van der Waals surface area contributed by atoms with Gasteiger partial charge in [-0.2, -0.15) is 0 Å². The van der Waals surface area contributed by atoms with Crippen LogP contribution in [0.2, 0.25) is 0 Å². The first kappa shape index (κ1) is 18.4. The number of carbonyl (C=O) groups excluding carboxylic acids is 1. The second-order valence-corrected chi connectivity index (χ2v) is 6.93. The Kier molecular flexibility index (Phi) is 5.88. The molecular weight excluding hydrogens is 328 g/mol. The van der Waals surface area contributed by atoms with E-state index in [1.807, 2.05) is 43.9 Å². The van der Waals surface area contributed by atoms with Gasteiger partial charge in [0.2, 0.25) is 0 Å². The molecule has 7 heteroatoms. The molecular formula is C19H28N6O. The summed E-state index contributed by atoms with van der Waals surface area (Å²) in [6.45, 7) is 5.30. The minimum atomic E-state index is -0.0656. The van der Waals surface area contributed by atoms with Crippen LogP contribution in [0.15, 0.2) is 30.3 Å². The van der Waals surface area contributed by atoms with Crippen molar-refractivity contribution in [3.05, 3.63) is 41.7 Å². The fraction of sp³-hybridized carbons (Fsp3) is 0.526. The highest BCUT2D eigenvalue weighted by molar-refractivity contribution is 5.93. The molecule has 0 radical (unpaired) electrons. The molecule has 0 atom stereocenters. The van der Waals surface area contributed by atoms with Crippen LogP contribution < -0.4 is 10.2 Å². The number of nitrogens with one attached hydrogen (secondary N) is 1. The fourth-order valence-corrected chi connectivity index (χ4v) is 3.33. The third-order valence-corrected chi connectivity index (χ3v) is 5.10. The number of hydrogen-bond donors (Lipinski definition) is 1. The maximum absolute atomic E-state index is 12.8. The Morgan fingerprint density at radius 1 is 1.19 bits per heavy atom. The van der Waals surface area contributed by atoms with Crippen molar-refractivity contribution < 1.29 is 4.79 Å². The van der Waals surface area contributed by atoms with Crippen molar-refractivity contribution in [2.75, 3.05) is 45.2 Å². The van der Waals surface area contributed by atoms with Crippen molar-refractivity contribution in [3.8, 4) is 0 Å². The standard InChI is InChI=1S/C19H28N6O/c1-15-18(21-22-25(15)17-9-11-20-12-10-17)19(26)24(3)14-13-23(2)16-7-5-4-6-8-16/h4-8,17,20H,9-14H2,1-3H3. The monoisotopic (exact) mass is 356 g/mol. The van der Waals surface area contributed by atoms with E-state index in [9.17, 15) is 4.79 Å². The molecule has 3 rings (SSSR count). The molecule has 1 aliphatic heterocycles. The number of nitrogens with zero attached hydrogens (tertiary/aromatic N) is 5. The molecule has 1 aromatic carbocycles. The van der Waals surface area contributed by atoms with Crippen molar-refractivity contribution >= 4 is 11.6 Å². The highest BCUT2D eigenvalue weighted by Gasteiger charge is 2.24. The Morgan fingerprint density at radius 3 is 2.58 bits per heavy atom. The predicted octanol–water partition coefficient (Wildman–Crippen LogP) is 1.72. The summed E-state index contributed by atoms with van der Waals surface area (Å²) in [6, 6.07) is 10.5. The summed E-state index contributed by atoms with van der Waals surface area (Å²) in [5, 5.41) is 11.8. The fourth-order valence-electron chi connectivity index (χ4n) is 3.33. The zero-order valence-corrected chi connectivity index (χ0v) is 15.9. The summed E-state index contributed by atoms with van der Waals surface area (Å²) in [4.78, 5) is 16.7. The van der Waals surface area contributed by atoms with Gasteiger partial charge in [-0.25, -0.2) is 4.68 Å². The number of carbonyl (C=O) groups is 1. The Morgan fingerprint density at radius 2 is 1.88 bits per heavy atom. The van der Waals surface area contributed by atoms with Gasteiger partial charge in [0.05, 0.1) is 11.7 Å². The van der Waals surface area contributed by atoms with Gasteiger partial charge in [0.1, 0.15) is 0 Å². The average Bonchev–Trinajstić information content (AvgIpc) is 3.08. The molecule has 0 spiro atoms. The molecule has 1 aromatic heterocycles. The first-order valence-electron chi connectivity index (χ1n) is 9.22. The molecule has 2 heterocycles. The molecule has 2 aromatic rings. The van der Waals surface area contributed by atoms with Crippen LogP contribution >= 0.6 is 0 Å². The number of para-hydroxylation sites is 1. The second-order valence-electron chi connectivity index (χ2n) is 6.93. The lowest BCUT2D eigenvalue weighted by atomic mass is 10.1. The average molecular weight is 356 g/mol. The molecule has 140 valence electrons. The number of likely N-dealkylation sites (N-methyl/N-ethyl adjacent to an activating group) is 2. The van der Waals surface area contributed by atoms with Gasteiger partial charge in [-0.05, 0) is 45.0 Å². The van der Waals surface area contributed by atoms with Crippen LogP contribution in [0, 0.1) is 6.92 Å². The van der Waals surface area contributed by atoms with Crippen LogP contribution in [0.5, 0.6) is 0 Å². The number of hydrogen-bond acceptors (Lipinski definition) is 5. The van der Waals surface area contributed by atoms with E-state index in [4.69, 9.17) is 0 Å². The lowest BCUT2D eigenvalue weighted by Crippen LogP contribution is -2.35. The quantitative estimate of drug-likeness (QED) is 0.854. The molecule has 0 unspecified atom stereocenters. The third-order valence-electron chi connectivity index (χ3n) is 5.10. The lowest BCUT2D eigenvalue weighted by Gasteiger charge is -2.24. The second kappa shape index (κ2) is 8.31. The van der Waals surface area contributed by atoms with Gasteiger partial charge in [-0.3, -0.25) is 4.79 Å².